The standard InChI is InChI=1S/C20H22Cl2N2O3S/c1-4-27-20(26)17-14-7-8-24(11(2)3)10-16(14)28-19(17)23-18(25)13-6-5-12(21)9-15(13)22/h5-6,9,11H,4,7-8,10H2,1-3H3,(H,23,25). The van der Waals surface area contributed by atoms with E-state index in [2.05, 4.69) is 24.1 Å². The third-order valence-corrected chi connectivity index (χ3v) is 6.38. The molecule has 0 radical (unpaired) electrons. The Morgan fingerprint density at radius 2 is 2.07 bits per heavy atom. The van der Waals surface area contributed by atoms with Gasteiger partial charge in [-0.2, -0.15) is 0 Å². The van der Waals surface area contributed by atoms with E-state index >= 15 is 0 Å². The van der Waals surface area contributed by atoms with Gasteiger partial charge in [-0.1, -0.05) is 23.2 Å². The Bertz CT molecular complexity index is 911. The molecule has 150 valence electrons. The molecular weight excluding hydrogens is 419 g/mol. The number of ether oxygens (including phenoxy) is 1. The highest BCUT2D eigenvalue weighted by Gasteiger charge is 2.30. The average molecular weight is 441 g/mol. The maximum atomic E-state index is 12.8. The Morgan fingerprint density at radius 3 is 2.71 bits per heavy atom. The molecule has 0 saturated carbocycles. The van der Waals surface area contributed by atoms with Crippen LogP contribution >= 0.6 is 34.5 Å². The highest BCUT2D eigenvalue weighted by molar-refractivity contribution is 7.17. The SMILES string of the molecule is CCOC(=O)c1c(NC(=O)c2ccc(Cl)cc2Cl)sc2c1CCN(C(C)C)C2. The zero-order chi connectivity index (χ0) is 20.4. The monoisotopic (exact) mass is 440 g/mol. The minimum Gasteiger partial charge on any atom is -0.462 e. The Hall–Kier alpha value is -1.60. The molecule has 0 bridgehead atoms. The fraction of sp³-hybridized carbons (Fsp3) is 0.400. The molecule has 1 N–H and O–H groups in total. The Labute approximate surface area is 178 Å². The molecule has 28 heavy (non-hydrogen) atoms. The first kappa shape index (κ1) is 21.1. The molecule has 2 heterocycles. The van der Waals surface area contributed by atoms with Gasteiger partial charge in [0.15, 0.2) is 0 Å². The van der Waals surface area contributed by atoms with E-state index < -0.39 is 5.97 Å². The largest absolute Gasteiger partial charge is 0.462 e. The van der Waals surface area contributed by atoms with E-state index in [1.165, 1.54) is 17.4 Å². The number of esters is 1. The van der Waals surface area contributed by atoms with E-state index in [4.69, 9.17) is 27.9 Å². The van der Waals surface area contributed by atoms with Crippen LogP contribution in [0.5, 0.6) is 0 Å². The van der Waals surface area contributed by atoms with Crippen LogP contribution in [0, 0.1) is 0 Å². The van der Waals surface area contributed by atoms with E-state index in [9.17, 15) is 9.59 Å². The van der Waals surface area contributed by atoms with Gasteiger partial charge >= 0.3 is 5.97 Å². The van der Waals surface area contributed by atoms with Gasteiger partial charge in [-0.05, 0) is 51.0 Å². The summed E-state index contributed by atoms with van der Waals surface area (Å²) >= 11 is 13.5. The van der Waals surface area contributed by atoms with Crippen molar-refractivity contribution >= 4 is 51.4 Å². The molecule has 1 amide bonds. The molecular formula is C20H22Cl2N2O3S. The highest BCUT2D eigenvalue weighted by atomic mass is 35.5. The first-order valence-corrected chi connectivity index (χ1v) is 10.7. The third-order valence-electron chi connectivity index (χ3n) is 4.70. The molecule has 0 unspecified atom stereocenters. The Kier molecular flexibility index (Phi) is 6.65. The van der Waals surface area contributed by atoms with Gasteiger partial charge in [-0.25, -0.2) is 4.79 Å². The molecule has 5 nitrogen and oxygen atoms in total. The van der Waals surface area contributed by atoms with E-state index in [0.717, 1.165) is 30.0 Å². The average Bonchev–Trinajstić information content (AvgIpc) is 2.98. The fourth-order valence-electron chi connectivity index (χ4n) is 3.22. The van der Waals surface area contributed by atoms with Crippen molar-refractivity contribution in [1.82, 2.24) is 4.90 Å². The summed E-state index contributed by atoms with van der Waals surface area (Å²) in [5.41, 5.74) is 1.73. The molecule has 0 atom stereocenters. The Balaban J connectivity index is 1.95. The molecule has 1 aliphatic rings. The van der Waals surface area contributed by atoms with Crippen LogP contribution in [0.2, 0.25) is 10.0 Å². The van der Waals surface area contributed by atoms with Crippen LogP contribution in [0.15, 0.2) is 18.2 Å². The smallest absolute Gasteiger partial charge is 0.341 e. The van der Waals surface area contributed by atoms with Gasteiger partial charge in [0.2, 0.25) is 0 Å². The van der Waals surface area contributed by atoms with Crippen LogP contribution in [0.4, 0.5) is 5.00 Å². The number of anilines is 1. The molecule has 0 aliphatic carbocycles. The van der Waals surface area contributed by atoms with Crippen LogP contribution in [0.1, 0.15) is 51.9 Å². The van der Waals surface area contributed by atoms with Crippen LogP contribution in [-0.2, 0) is 17.7 Å². The zero-order valence-corrected chi connectivity index (χ0v) is 18.3. The number of nitrogens with zero attached hydrogens (tertiary/aromatic N) is 1. The lowest BCUT2D eigenvalue weighted by Gasteiger charge is -2.30. The molecule has 8 heteroatoms. The van der Waals surface area contributed by atoms with E-state index in [1.807, 2.05) is 0 Å². The summed E-state index contributed by atoms with van der Waals surface area (Å²) in [6.45, 7) is 7.96. The molecule has 0 saturated heterocycles. The normalized spacial score (nSPS) is 14.1. The molecule has 0 fully saturated rings. The van der Waals surface area contributed by atoms with E-state index in [-0.39, 0.29) is 17.5 Å². The van der Waals surface area contributed by atoms with Gasteiger partial charge in [-0.3, -0.25) is 9.69 Å². The first-order valence-electron chi connectivity index (χ1n) is 9.13. The van der Waals surface area contributed by atoms with Crippen molar-refractivity contribution < 1.29 is 14.3 Å². The van der Waals surface area contributed by atoms with E-state index in [0.29, 0.717) is 27.2 Å². The van der Waals surface area contributed by atoms with Crippen molar-refractivity contribution in [3.63, 3.8) is 0 Å². The predicted octanol–water partition coefficient (Wildman–Crippen LogP) is 5.25. The number of carbonyl (C=O) groups is 2. The van der Waals surface area contributed by atoms with Crippen molar-refractivity contribution in [1.29, 1.82) is 0 Å². The second-order valence-electron chi connectivity index (χ2n) is 6.82. The van der Waals surface area contributed by atoms with E-state index in [1.54, 1.807) is 19.1 Å². The van der Waals surface area contributed by atoms with Crippen molar-refractivity contribution in [3.8, 4) is 0 Å². The molecule has 1 aliphatic heterocycles. The molecule has 1 aromatic carbocycles. The van der Waals surface area contributed by atoms with Crippen LogP contribution in [0.25, 0.3) is 0 Å². The van der Waals surface area contributed by atoms with Gasteiger partial charge < -0.3 is 10.1 Å². The van der Waals surface area contributed by atoms with Crippen molar-refractivity contribution in [2.45, 2.75) is 39.8 Å². The van der Waals surface area contributed by atoms with Gasteiger partial charge in [-0.15, -0.1) is 11.3 Å². The van der Waals surface area contributed by atoms with Gasteiger partial charge in [0, 0.05) is 29.0 Å². The van der Waals surface area contributed by atoms with Crippen LogP contribution in [-0.4, -0.2) is 36.0 Å². The number of thiophene rings is 1. The summed E-state index contributed by atoms with van der Waals surface area (Å²) in [4.78, 5) is 28.8. The van der Waals surface area contributed by atoms with Gasteiger partial charge in [0.1, 0.15) is 5.00 Å². The maximum absolute atomic E-state index is 12.8. The number of benzene rings is 1. The van der Waals surface area contributed by atoms with Crippen LogP contribution in [0.3, 0.4) is 0 Å². The minimum atomic E-state index is -0.407. The number of carbonyl (C=O) groups excluding carboxylic acids is 2. The maximum Gasteiger partial charge on any atom is 0.341 e. The number of hydrogen-bond acceptors (Lipinski definition) is 5. The summed E-state index contributed by atoms with van der Waals surface area (Å²) in [7, 11) is 0. The molecule has 1 aromatic heterocycles. The topological polar surface area (TPSA) is 58.6 Å². The zero-order valence-electron chi connectivity index (χ0n) is 16.0. The second kappa shape index (κ2) is 8.82. The Morgan fingerprint density at radius 1 is 1.32 bits per heavy atom. The lowest BCUT2D eigenvalue weighted by Crippen LogP contribution is -2.35. The summed E-state index contributed by atoms with van der Waals surface area (Å²) < 4.78 is 5.25. The number of amides is 1. The summed E-state index contributed by atoms with van der Waals surface area (Å²) in [5.74, 6) is -0.790. The van der Waals surface area contributed by atoms with Gasteiger partial charge in [0.05, 0.1) is 22.8 Å². The molecule has 3 rings (SSSR count). The van der Waals surface area contributed by atoms with Crippen molar-refractivity contribution in [2.24, 2.45) is 0 Å². The number of rotatable bonds is 5. The number of nitrogens with one attached hydrogen (secondary N) is 1. The van der Waals surface area contributed by atoms with Crippen molar-refractivity contribution in [2.75, 3.05) is 18.5 Å². The second-order valence-corrected chi connectivity index (χ2v) is 8.77. The molecule has 2 aromatic rings. The van der Waals surface area contributed by atoms with Gasteiger partial charge in [0.25, 0.3) is 5.91 Å². The summed E-state index contributed by atoms with van der Waals surface area (Å²) in [5, 5.41) is 4.08. The quantitative estimate of drug-likeness (QED) is 0.644. The fourth-order valence-corrected chi connectivity index (χ4v) is 4.97. The number of fused-ring (bicyclic) bond motifs is 1. The summed E-state index contributed by atoms with van der Waals surface area (Å²) in [6.07, 6.45) is 0.746. The summed E-state index contributed by atoms with van der Waals surface area (Å²) in [6, 6.07) is 5.10. The lowest BCUT2D eigenvalue weighted by molar-refractivity contribution is 0.0526. The number of halogens is 2. The number of hydrogen-bond donors (Lipinski definition) is 1. The van der Waals surface area contributed by atoms with Crippen LogP contribution < -0.4 is 5.32 Å². The predicted molar refractivity (Wildman–Crippen MR) is 114 cm³/mol. The highest BCUT2D eigenvalue weighted by Crippen LogP contribution is 2.38. The third kappa shape index (κ3) is 4.35. The van der Waals surface area contributed by atoms with Crippen molar-refractivity contribution in [3.05, 3.63) is 49.8 Å². The molecule has 0 spiro atoms. The minimum absolute atomic E-state index is 0.259. The first-order chi connectivity index (χ1) is 13.3. The lowest BCUT2D eigenvalue weighted by atomic mass is 10.0.